The van der Waals surface area contributed by atoms with Gasteiger partial charge >= 0.3 is 11.9 Å². The largest absolute Gasteiger partial charge is 0.465 e. The number of alkyl halides is 1. The quantitative estimate of drug-likeness (QED) is 0.551. The summed E-state index contributed by atoms with van der Waals surface area (Å²) in [6.45, 7) is 10.1. The number of hydrogen-bond acceptors (Lipinski definition) is 6. The second-order valence-electron chi connectivity index (χ2n) is 4.48. The molecule has 1 aromatic heterocycles. The lowest BCUT2D eigenvalue weighted by Crippen LogP contribution is -2.21. The van der Waals surface area contributed by atoms with Crippen LogP contribution in [0.2, 0.25) is 0 Å². The Kier molecular flexibility index (Phi) is 11.2. The molecule has 0 aliphatic rings. The van der Waals surface area contributed by atoms with E-state index < -0.39 is 11.9 Å². The van der Waals surface area contributed by atoms with Crippen LogP contribution >= 0.6 is 15.9 Å². The van der Waals surface area contributed by atoms with Gasteiger partial charge < -0.3 is 14.4 Å². The van der Waals surface area contributed by atoms with Crippen LogP contribution in [0.3, 0.4) is 0 Å². The molecule has 0 saturated carbocycles. The highest BCUT2D eigenvalue weighted by atomic mass is 79.9. The van der Waals surface area contributed by atoms with Crippen molar-refractivity contribution in [1.82, 2.24) is 9.88 Å². The number of carbonyl (C=O) groups is 2. The molecule has 0 radical (unpaired) electrons. The maximum atomic E-state index is 11.4. The van der Waals surface area contributed by atoms with Crippen LogP contribution in [0, 0.1) is 0 Å². The van der Waals surface area contributed by atoms with Crippen molar-refractivity contribution in [3.05, 3.63) is 29.1 Å². The predicted octanol–water partition coefficient (Wildman–Crippen LogP) is 2.90. The number of aromatic nitrogens is 1. The molecular formula is C16H25BrN2O4. The van der Waals surface area contributed by atoms with Gasteiger partial charge in [-0.05, 0) is 31.3 Å². The van der Waals surface area contributed by atoms with Crippen molar-refractivity contribution in [3.63, 3.8) is 0 Å². The SMILES string of the molecule is CCN(CC)CC.COC(=O)c1cc(CBr)cnc1C(=O)OC. The van der Waals surface area contributed by atoms with Crippen molar-refractivity contribution in [1.29, 1.82) is 0 Å². The number of ether oxygens (including phenoxy) is 2. The van der Waals surface area contributed by atoms with Crippen LogP contribution in [0.5, 0.6) is 0 Å². The van der Waals surface area contributed by atoms with E-state index in [9.17, 15) is 9.59 Å². The molecular weight excluding hydrogens is 364 g/mol. The molecule has 0 saturated heterocycles. The molecule has 0 aliphatic heterocycles. The second-order valence-corrected chi connectivity index (χ2v) is 5.04. The lowest BCUT2D eigenvalue weighted by Gasteiger charge is -2.13. The van der Waals surface area contributed by atoms with E-state index in [0.717, 1.165) is 5.56 Å². The lowest BCUT2D eigenvalue weighted by molar-refractivity contribution is 0.0549. The van der Waals surface area contributed by atoms with Crippen LogP contribution in [0.4, 0.5) is 0 Å². The smallest absolute Gasteiger partial charge is 0.357 e. The molecule has 6 nitrogen and oxygen atoms in total. The van der Waals surface area contributed by atoms with Crippen molar-refractivity contribution in [2.24, 2.45) is 0 Å². The van der Waals surface area contributed by atoms with E-state index >= 15 is 0 Å². The van der Waals surface area contributed by atoms with Crippen molar-refractivity contribution in [2.75, 3.05) is 33.9 Å². The standard InChI is InChI=1S/C10H10BrNO4.C6H15N/c1-15-9(13)7-3-6(4-11)5-12-8(7)10(14)16-2;1-4-7(5-2)6-3/h3,5H,4H2,1-2H3;4-6H2,1-3H3. The van der Waals surface area contributed by atoms with E-state index in [0.29, 0.717) is 5.33 Å². The van der Waals surface area contributed by atoms with Gasteiger partial charge in [0, 0.05) is 11.5 Å². The summed E-state index contributed by atoms with van der Waals surface area (Å²) in [5.74, 6) is -1.28. The summed E-state index contributed by atoms with van der Waals surface area (Å²) in [6.07, 6.45) is 1.49. The highest BCUT2D eigenvalue weighted by Gasteiger charge is 2.20. The zero-order valence-corrected chi connectivity index (χ0v) is 16.0. The highest BCUT2D eigenvalue weighted by Crippen LogP contribution is 2.13. The third-order valence-electron chi connectivity index (χ3n) is 3.22. The minimum atomic E-state index is -0.665. The topological polar surface area (TPSA) is 68.7 Å². The third kappa shape index (κ3) is 7.09. The number of methoxy groups -OCH3 is 2. The minimum Gasteiger partial charge on any atom is -0.465 e. The van der Waals surface area contributed by atoms with Crippen LogP contribution in [0.25, 0.3) is 0 Å². The Morgan fingerprint density at radius 3 is 1.96 bits per heavy atom. The number of carbonyl (C=O) groups excluding carboxylic acids is 2. The van der Waals surface area contributed by atoms with E-state index in [-0.39, 0.29) is 11.3 Å². The van der Waals surface area contributed by atoms with E-state index in [1.165, 1.54) is 40.1 Å². The molecule has 0 aliphatic carbocycles. The van der Waals surface area contributed by atoms with Gasteiger partial charge in [0.2, 0.25) is 0 Å². The van der Waals surface area contributed by atoms with E-state index in [1.54, 1.807) is 6.07 Å². The van der Waals surface area contributed by atoms with E-state index in [4.69, 9.17) is 0 Å². The molecule has 1 rings (SSSR count). The van der Waals surface area contributed by atoms with E-state index in [1.807, 2.05) is 0 Å². The maximum absolute atomic E-state index is 11.4. The molecule has 1 aromatic rings. The Morgan fingerprint density at radius 1 is 1.09 bits per heavy atom. The Balaban J connectivity index is 0.000000585. The molecule has 23 heavy (non-hydrogen) atoms. The summed E-state index contributed by atoms with van der Waals surface area (Å²) in [5.41, 5.74) is 0.832. The summed E-state index contributed by atoms with van der Waals surface area (Å²) >= 11 is 3.23. The van der Waals surface area contributed by atoms with Gasteiger partial charge in [0.25, 0.3) is 0 Å². The number of pyridine rings is 1. The molecule has 0 N–H and O–H groups in total. The summed E-state index contributed by atoms with van der Waals surface area (Å²) in [5, 5.41) is 0.533. The van der Waals surface area contributed by atoms with Gasteiger partial charge in [0.05, 0.1) is 19.8 Å². The molecule has 0 bridgehead atoms. The first kappa shape index (κ1) is 21.5. The third-order valence-corrected chi connectivity index (χ3v) is 3.87. The molecule has 0 spiro atoms. The van der Waals surface area contributed by atoms with Crippen molar-refractivity contribution in [2.45, 2.75) is 26.1 Å². The lowest BCUT2D eigenvalue weighted by atomic mass is 10.1. The van der Waals surface area contributed by atoms with Gasteiger partial charge in [0.1, 0.15) is 0 Å². The minimum absolute atomic E-state index is 0.0425. The Labute approximate surface area is 146 Å². The van der Waals surface area contributed by atoms with Gasteiger partial charge in [-0.15, -0.1) is 0 Å². The number of rotatable bonds is 6. The fourth-order valence-corrected chi connectivity index (χ4v) is 2.08. The highest BCUT2D eigenvalue weighted by molar-refractivity contribution is 9.08. The van der Waals surface area contributed by atoms with Crippen LogP contribution < -0.4 is 0 Å². The molecule has 0 unspecified atom stereocenters. The number of hydrogen-bond donors (Lipinski definition) is 0. The summed E-state index contributed by atoms with van der Waals surface area (Å²) in [7, 11) is 2.47. The fraction of sp³-hybridized carbons (Fsp3) is 0.562. The first-order valence-electron chi connectivity index (χ1n) is 7.42. The van der Waals surface area contributed by atoms with Crippen LogP contribution in [0.15, 0.2) is 12.3 Å². The summed E-state index contributed by atoms with van der Waals surface area (Å²) < 4.78 is 9.09. The van der Waals surface area contributed by atoms with Gasteiger partial charge in [-0.25, -0.2) is 14.6 Å². The molecule has 0 atom stereocenters. The zero-order chi connectivity index (χ0) is 17.8. The Hall–Kier alpha value is -1.47. The van der Waals surface area contributed by atoms with Gasteiger partial charge in [-0.1, -0.05) is 36.7 Å². The second kappa shape index (κ2) is 12.0. The van der Waals surface area contributed by atoms with Crippen molar-refractivity contribution in [3.8, 4) is 0 Å². The van der Waals surface area contributed by atoms with E-state index in [2.05, 4.69) is 56.1 Å². The molecule has 1 heterocycles. The summed E-state index contributed by atoms with van der Waals surface area (Å²) in [4.78, 5) is 29.0. The number of nitrogens with zero attached hydrogens (tertiary/aromatic N) is 2. The monoisotopic (exact) mass is 388 g/mol. The first-order chi connectivity index (χ1) is 11.0. The zero-order valence-electron chi connectivity index (χ0n) is 14.4. The van der Waals surface area contributed by atoms with Crippen LogP contribution in [0.1, 0.15) is 47.2 Å². The fourth-order valence-electron chi connectivity index (χ4n) is 1.78. The Bertz CT molecular complexity index is 499. The van der Waals surface area contributed by atoms with Crippen molar-refractivity contribution >= 4 is 27.9 Å². The average Bonchev–Trinajstić information content (AvgIpc) is 2.61. The normalized spacial score (nSPS) is 9.87. The first-order valence-corrected chi connectivity index (χ1v) is 8.54. The van der Waals surface area contributed by atoms with Crippen LogP contribution in [-0.4, -0.2) is 55.7 Å². The van der Waals surface area contributed by atoms with Crippen molar-refractivity contribution < 1.29 is 19.1 Å². The molecule has 7 heteroatoms. The number of esters is 2. The predicted molar refractivity (Wildman–Crippen MR) is 93.0 cm³/mol. The molecule has 130 valence electrons. The van der Waals surface area contributed by atoms with Gasteiger partial charge in [-0.3, -0.25) is 0 Å². The average molecular weight is 389 g/mol. The maximum Gasteiger partial charge on any atom is 0.357 e. The molecule has 0 aromatic carbocycles. The van der Waals surface area contributed by atoms with Gasteiger partial charge in [-0.2, -0.15) is 0 Å². The summed E-state index contributed by atoms with van der Waals surface area (Å²) in [6, 6.07) is 1.54. The number of halogens is 1. The molecule has 0 fully saturated rings. The Morgan fingerprint density at radius 2 is 1.61 bits per heavy atom. The molecule has 0 amide bonds. The van der Waals surface area contributed by atoms with Gasteiger partial charge in [0.15, 0.2) is 5.69 Å². The van der Waals surface area contributed by atoms with Crippen LogP contribution in [-0.2, 0) is 14.8 Å².